The Labute approximate surface area is 176 Å². The Hall–Kier alpha value is -2.29. The van der Waals surface area contributed by atoms with Gasteiger partial charge in [-0.25, -0.2) is 12.7 Å². The third-order valence-corrected chi connectivity index (χ3v) is 6.31. The summed E-state index contributed by atoms with van der Waals surface area (Å²) in [5.41, 5.74) is 0.763. The molecule has 0 bridgehead atoms. The number of hydrogen-bond acceptors (Lipinski definition) is 5. The zero-order valence-corrected chi connectivity index (χ0v) is 18.4. The summed E-state index contributed by atoms with van der Waals surface area (Å²) in [4.78, 5) is 12.8. The van der Waals surface area contributed by atoms with Gasteiger partial charge in [0, 0.05) is 26.2 Å². The largest absolute Gasteiger partial charge is 0.493 e. The van der Waals surface area contributed by atoms with Crippen molar-refractivity contribution in [2.45, 2.75) is 24.8 Å². The van der Waals surface area contributed by atoms with E-state index in [9.17, 15) is 13.2 Å². The van der Waals surface area contributed by atoms with Crippen molar-refractivity contribution >= 4 is 27.5 Å². The summed E-state index contributed by atoms with van der Waals surface area (Å²) < 4.78 is 37.0. The molecule has 2 aromatic carbocycles. The van der Waals surface area contributed by atoms with E-state index in [4.69, 9.17) is 21.1 Å². The number of halogens is 1. The van der Waals surface area contributed by atoms with Gasteiger partial charge in [-0.1, -0.05) is 36.7 Å². The smallest absolute Gasteiger partial charge is 0.251 e. The molecule has 1 amide bonds. The van der Waals surface area contributed by atoms with Crippen LogP contribution in [0.25, 0.3) is 0 Å². The maximum absolute atomic E-state index is 12.6. The molecule has 2 aromatic rings. The summed E-state index contributed by atoms with van der Waals surface area (Å²) in [6.07, 6.45) is 0.803. The van der Waals surface area contributed by atoms with Gasteiger partial charge in [0.25, 0.3) is 5.91 Å². The first-order valence-corrected chi connectivity index (χ1v) is 10.8. The Kier molecular flexibility index (Phi) is 7.89. The minimum absolute atomic E-state index is 0.0378. The van der Waals surface area contributed by atoms with Crippen LogP contribution in [0, 0.1) is 0 Å². The van der Waals surface area contributed by atoms with E-state index in [1.165, 1.54) is 39.4 Å². The van der Waals surface area contributed by atoms with Gasteiger partial charge in [-0.3, -0.25) is 4.79 Å². The number of ether oxygens (including phenoxy) is 2. The topological polar surface area (TPSA) is 84.9 Å². The Morgan fingerprint density at radius 2 is 1.90 bits per heavy atom. The van der Waals surface area contributed by atoms with E-state index in [2.05, 4.69) is 5.32 Å². The molecule has 1 N–H and O–H groups in total. The van der Waals surface area contributed by atoms with Crippen LogP contribution in [0.15, 0.2) is 41.3 Å². The third-order valence-electron chi connectivity index (χ3n) is 4.11. The number of amides is 1. The van der Waals surface area contributed by atoms with Gasteiger partial charge in [0.15, 0.2) is 11.5 Å². The lowest BCUT2D eigenvalue weighted by atomic mass is 10.1. The van der Waals surface area contributed by atoms with E-state index in [0.29, 0.717) is 23.7 Å². The van der Waals surface area contributed by atoms with Crippen LogP contribution in [0.5, 0.6) is 11.5 Å². The average Bonchev–Trinajstić information content (AvgIpc) is 2.70. The van der Waals surface area contributed by atoms with Crippen LogP contribution in [0.1, 0.15) is 29.3 Å². The molecule has 0 heterocycles. The van der Waals surface area contributed by atoms with Crippen molar-refractivity contribution in [3.8, 4) is 11.5 Å². The zero-order valence-electron chi connectivity index (χ0n) is 16.9. The fourth-order valence-electron chi connectivity index (χ4n) is 2.57. The van der Waals surface area contributed by atoms with E-state index < -0.39 is 15.9 Å². The molecule has 158 valence electrons. The van der Waals surface area contributed by atoms with Crippen molar-refractivity contribution in [3.05, 3.63) is 52.5 Å². The summed E-state index contributed by atoms with van der Waals surface area (Å²) in [6.45, 7) is 2.48. The number of sulfonamides is 1. The number of nitrogens with one attached hydrogen (secondary N) is 1. The van der Waals surface area contributed by atoms with Crippen LogP contribution < -0.4 is 14.8 Å². The molecule has 0 saturated carbocycles. The van der Waals surface area contributed by atoms with Gasteiger partial charge in [0.05, 0.1) is 23.6 Å². The van der Waals surface area contributed by atoms with Crippen LogP contribution >= 0.6 is 11.6 Å². The highest BCUT2D eigenvalue weighted by atomic mass is 35.5. The Morgan fingerprint density at radius 3 is 2.52 bits per heavy atom. The molecule has 0 saturated heterocycles. The van der Waals surface area contributed by atoms with Crippen molar-refractivity contribution in [3.63, 3.8) is 0 Å². The molecule has 2 rings (SSSR count). The molecule has 7 nitrogen and oxygen atoms in total. The highest BCUT2D eigenvalue weighted by molar-refractivity contribution is 7.89. The molecular formula is C20H25ClN2O5S. The Bertz CT molecular complexity index is 977. The number of rotatable bonds is 9. The molecule has 0 spiro atoms. The number of carbonyl (C=O) groups excluding carboxylic acids is 1. The maximum Gasteiger partial charge on any atom is 0.251 e. The van der Waals surface area contributed by atoms with Gasteiger partial charge >= 0.3 is 0 Å². The maximum atomic E-state index is 12.6. The van der Waals surface area contributed by atoms with Crippen molar-refractivity contribution in [2.24, 2.45) is 0 Å². The number of benzene rings is 2. The standard InChI is InChI=1S/C20H25ClN2O5S/c1-5-10-28-19-16(21)11-15(12-17(19)27-4)20(24)22-13-14-8-6-7-9-18(14)29(25,26)23(2)3/h6-9,11-12H,5,10,13H2,1-4H3,(H,22,24). The summed E-state index contributed by atoms with van der Waals surface area (Å²) in [6, 6.07) is 9.56. The molecule has 29 heavy (non-hydrogen) atoms. The van der Waals surface area contributed by atoms with Crippen molar-refractivity contribution < 1.29 is 22.7 Å². The average molecular weight is 441 g/mol. The molecule has 0 aromatic heterocycles. The fourth-order valence-corrected chi connectivity index (χ4v) is 3.95. The molecule has 0 atom stereocenters. The van der Waals surface area contributed by atoms with Crippen molar-refractivity contribution in [1.29, 1.82) is 0 Å². The van der Waals surface area contributed by atoms with Crippen molar-refractivity contribution in [1.82, 2.24) is 9.62 Å². The molecular weight excluding hydrogens is 416 g/mol. The number of nitrogens with zero attached hydrogens (tertiary/aromatic N) is 1. The molecule has 0 radical (unpaired) electrons. The van der Waals surface area contributed by atoms with E-state index in [-0.39, 0.29) is 22.0 Å². The zero-order chi connectivity index (χ0) is 21.6. The minimum Gasteiger partial charge on any atom is -0.493 e. The lowest BCUT2D eigenvalue weighted by Gasteiger charge is -2.16. The lowest BCUT2D eigenvalue weighted by molar-refractivity contribution is 0.0950. The van der Waals surface area contributed by atoms with Gasteiger partial charge in [-0.05, 0) is 30.2 Å². The molecule has 0 aliphatic carbocycles. The van der Waals surface area contributed by atoms with Gasteiger partial charge in [0.1, 0.15) is 0 Å². The number of methoxy groups -OCH3 is 1. The Balaban J connectivity index is 2.24. The minimum atomic E-state index is -3.63. The van der Waals surface area contributed by atoms with Crippen LogP contribution in [0.3, 0.4) is 0 Å². The summed E-state index contributed by atoms with van der Waals surface area (Å²) in [5.74, 6) is 0.325. The predicted molar refractivity (Wildman–Crippen MR) is 112 cm³/mol. The highest BCUT2D eigenvalue weighted by Crippen LogP contribution is 2.36. The molecule has 9 heteroatoms. The second kappa shape index (κ2) is 9.96. The van der Waals surface area contributed by atoms with E-state index >= 15 is 0 Å². The van der Waals surface area contributed by atoms with Crippen LogP contribution in [0.4, 0.5) is 0 Å². The van der Waals surface area contributed by atoms with Crippen LogP contribution in [-0.2, 0) is 16.6 Å². The first kappa shape index (κ1) is 23.0. The Morgan fingerprint density at radius 1 is 1.21 bits per heavy atom. The lowest BCUT2D eigenvalue weighted by Crippen LogP contribution is -2.27. The molecule has 0 aliphatic heterocycles. The molecule has 0 fully saturated rings. The molecule has 0 unspecified atom stereocenters. The second-order valence-corrected chi connectivity index (χ2v) is 8.94. The van der Waals surface area contributed by atoms with Gasteiger partial charge < -0.3 is 14.8 Å². The van der Waals surface area contributed by atoms with Gasteiger partial charge in [-0.15, -0.1) is 0 Å². The van der Waals surface area contributed by atoms with E-state index in [0.717, 1.165) is 10.7 Å². The van der Waals surface area contributed by atoms with Gasteiger partial charge in [-0.2, -0.15) is 0 Å². The highest BCUT2D eigenvalue weighted by Gasteiger charge is 2.21. The third kappa shape index (κ3) is 5.41. The molecule has 0 aliphatic rings. The fraction of sp³-hybridized carbons (Fsp3) is 0.350. The normalized spacial score (nSPS) is 11.4. The summed E-state index contributed by atoms with van der Waals surface area (Å²) in [5, 5.41) is 2.99. The first-order valence-electron chi connectivity index (χ1n) is 9.01. The summed E-state index contributed by atoms with van der Waals surface area (Å²) in [7, 11) is 0.758. The van der Waals surface area contributed by atoms with E-state index in [1.807, 2.05) is 6.92 Å². The van der Waals surface area contributed by atoms with Crippen molar-refractivity contribution in [2.75, 3.05) is 27.8 Å². The van der Waals surface area contributed by atoms with Crippen LogP contribution in [0.2, 0.25) is 5.02 Å². The predicted octanol–water partition coefficient (Wildman–Crippen LogP) is 3.32. The second-order valence-electron chi connectivity index (χ2n) is 6.42. The SMILES string of the molecule is CCCOc1c(Cl)cc(C(=O)NCc2ccccc2S(=O)(=O)N(C)C)cc1OC. The number of carbonyl (C=O) groups is 1. The first-order chi connectivity index (χ1) is 13.7. The van der Waals surface area contributed by atoms with Crippen LogP contribution in [-0.4, -0.2) is 46.4 Å². The number of hydrogen-bond donors (Lipinski definition) is 1. The van der Waals surface area contributed by atoms with E-state index in [1.54, 1.807) is 18.2 Å². The monoisotopic (exact) mass is 440 g/mol. The van der Waals surface area contributed by atoms with Gasteiger partial charge in [0.2, 0.25) is 10.0 Å². The quantitative estimate of drug-likeness (QED) is 0.646. The summed E-state index contributed by atoms with van der Waals surface area (Å²) >= 11 is 6.26.